The minimum Gasteiger partial charge on any atom is -0.387 e. The molecule has 0 bridgehead atoms. The van der Waals surface area contributed by atoms with Crippen LogP contribution in [0.5, 0.6) is 0 Å². The van der Waals surface area contributed by atoms with Gasteiger partial charge in [0.2, 0.25) is 0 Å². The van der Waals surface area contributed by atoms with Gasteiger partial charge in [-0.05, 0) is 37.1 Å². The van der Waals surface area contributed by atoms with Gasteiger partial charge in [-0.2, -0.15) is 13.2 Å². The van der Waals surface area contributed by atoms with E-state index in [0.717, 1.165) is 44.4 Å². The van der Waals surface area contributed by atoms with Crippen molar-refractivity contribution in [2.45, 2.75) is 44.0 Å². The Morgan fingerprint density at radius 1 is 1.21 bits per heavy atom. The second kappa shape index (κ2) is 5.92. The number of benzene rings is 1. The summed E-state index contributed by atoms with van der Waals surface area (Å²) < 4.78 is 37.9. The van der Waals surface area contributed by atoms with Crippen LogP contribution in [0.2, 0.25) is 0 Å². The molecule has 5 heteroatoms. The first-order chi connectivity index (χ1) is 8.98. The van der Waals surface area contributed by atoms with Crippen molar-refractivity contribution in [1.82, 2.24) is 5.32 Å². The molecule has 0 radical (unpaired) electrons. The van der Waals surface area contributed by atoms with Gasteiger partial charge >= 0.3 is 6.18 Å². The highest BCUT2D eigenvalue weighted by atomic mass is 19.4. The molecule has 0 spiro atoms. The van der Waals surface area contributed by atoms with Crippen LogP contribution in [-0.2, 0) is 6.18 Å². The maximum absolute atomic E-state index is 12.6. The summed E-state index contributed by atoms with van der Waals surface area (Å²) >= 11 is 0. The van der Waals surface area contributed by atoms with Crippen molar-refractivity contribution in [3.8, 4) is 0 Å². The largest absolute Gasteiger partial charge is 0.416 e. The maximum Gasteiger partial charge on any atom is 0.416 e. The van der Waals surface area contributed by atoms with Crippen LogP contribution in [-0.4, -0.2) is 17.7 Å². The van der Waals surface area contributed by atoms with Crippen molar-refractivity contribution in [2.24, 2.45) is 0 Å². The normalized spacial score (nSPS) is 22.8. The fourth-order valence-corrected chi connectivity index (χ4v) is 2.46. The Hall–Kier alpha value is -1.07. The molecule has 19 heavy (non-hydrogen) atoms. The molecule has 1 saturated heterocycles. The molecule has 1 aromatic carbocycles. The molecule has 0 saturated carbocycles. The van der Waals surface area contributed by atoms with Gasteiger partial charge in [0.25, 0.3) is 0 Å². The van der Waals surface area contributed by atoms with Crippen molar-refractivity contribution in [3.63, 3.8) is 0 Å². The molecule has 1 heterocycles. The molecule has 106 valence electrons. The Kier molecular flexibility index (Phi) is 4.47. The van der Waals surface area contributed by atoms with Crippen LogP contribution in [0.25, 0.3) is 0 Å². The van der Waals surface area contributed by atoms with Crippen LogP contribution in [0.1, 0.15) is 42.9 Å². The molecule has 1 aromatic rings. The predicted molar refractivity (Wildman–Crippen MR) is 66.7 cm³/mol. The van der Waals surface area contributed by atoms with Gasteiger partial charge in [-0.3, -0.25) is 0 Å². The molecule has 1 fully saturated rings. The number of aliphatic hydroxyl groups excluding tert-OH is 1. The lowest BCUT2D eigenvalue weighted by molar-refractivity contribution is -0.137. The molecule has 2 unspecified atom stereocenters. The first-order valence-corrected chi connectivity index (χ1v) is 6.57. The minimum atomic E-state index is -4.37. The topological polar surface area (TPSA) is 32.3 Å². The second-order valence-electron chi connectivity index (χ2n) is 4.98. The van der Waals surface area contributed by atoms with Crippen LogP contribution in [0, 0.1) is 0 Å². The van der Waals surface area contributed by atoms with E-state index in [-0.39, 0.29) is 6.04 Å². The summed E-state index contributed by atoms with van der Waals surface area (Å²) in [6.07, 6.45) is -1.33. The van der Waals surface area contributed by atoms with Gasteiger partial charge in [0.05, 0.1) is 11.7 Å². The first-order valence-electron chi connectivity index (χ1n) is 6.57. The van der Waals surface area contributed by atoms with Crippen molar-refractivity contribution in [1.29, 1.82) is 0 Å². The summed E-state index contributed by atoms with van der Waals surface area (Å²) in [4.78, 5) is 0. The standard InChI is InChI=1S/C14H18F3NO/c15-14(16,17)11-6-4-5-10(9-11)13(19)12-7-2-1-3-8-18-12/h4-6,9,12-13,18-19H,1-3,7-8H2. The molecule has 0 aliphatic carbocycles. The summed E-state index contributed by atoms with van der Waals surface area (Å²) in [6, 6.07) is 4.80. The maximum atomic E-state index is 12.6. The third-order valence-corrected chi connectivity index (χ3v) is 3.54. The molecule has 2 N–H and O–H groups in total. The van der Waals surface area contributed by atoms with E-state index < -0.39 is 17.8 Å². The first kappa shape index (κ1) is 14.3. The number of rotatable bonds is 2. The van der Waals surface area contributed by atoms with E-state index in [1.807, 2.05) is 0 Å². The average molecular weight is 273 g/mol. The van der Waals surface area contributed by atoms with E-state index in [0.29, 0.717) is 5.56 Å². The van der Waals surface area contributed by atoms with Crippen LogP contribution in [0.15, 0.2) is 24.3 Å². The summed E-state index contributed by atoms with van der Waals surface area (Å²) in [7, 11) is 0. The lowest BCUT2D eigenvalue weighted by Crippen LogP contribution is -2.34. The summed E-state index contributed by atoms with van der Waals surface area (Å²) in [5, 5.41) is 13.4. The molecule has 2 atom stereocenters. The van der Waals surface area contributed by atoms with Gasteiger partial charge in [-0.15, -0.1) is 0 Å². The monoisotopic (exact) mass is 273 g/mol. The Labute approximate surface area is 110 Å². The van der Waals surface area contributed by atoms with E-state index in [9.17, 15) is 18.3 Å². The number of halogens is 3. The van der Waals surface area contributed by atoms with Gasteiger partial charge < -0.3 is 10.4 Å². The number of alkyl halides is 3. The van der Waals surface area contributed by atoms with Crippen molar-refractivity contribution >= 4 is 0 Å². The molecule has 0 amide bonds. The van der Waals surface area contributed by atoms with E-state index in [4.69, 9.17) is 0 Å². The van der Waals surface area contributed by atoms with Gasteiger partial charge in [-0.25, -0.2) is 0 Å². The zero-order valence-electron chi connectivity index (χ0n) is 10.6. The molecular formula is C14H18F3NO. The van der Waals surface area contributed by atoms with Crippen LogP contribution < -0.4 is 5.32 Å². The van der Waals surface area contributed by atoms with E-state index >= 15 is 0 Å². The van der Waals surface area contributed by atoms with Crippen molar-refractivity contribution in [3.05, 3.63) is 35.4 Å². The Bertz CT molecular complexity index is 411. The average Bonchev–Trinajstić information content (AvgIpc) is 2.66. The Morgan fingerprint density at radius 2 is 2.00 bits per heavy atom. The molecular weight excluding hydrogens is 255 g/mol. The van der Waals surface area contributed by atoms with Gasteiger partial charge in [-0.1, -0.05) is 25.0 Å². The van der Waals surface area contributed by atoms with Crippen LogP contribution in [0.4, 0.5) is 13.2 Å². The third kappa shape index (κ3) is 3.70. The summed E-state index contributed by atoms with van der Waals surface area (Å²) in [6.45, 7) is 0.806. The van der Waals surface area contributed by atoms with Gasteiger partial charge in [0.15, 0.2) is 0 Å². The predicted octanol–water partition coefficient (Wildman–Crippen LogP) is 3.27. The lowest BCUT2D eigenvalue weighted by atomic mass is 9.97. The smallest absolute Gasteiger partial charge is 0.387 e. The fourth-order valence-electron chi connectivity index (χ4n) is 2.46. The van der Waals surface area contributed by atoms with E-state index in [1.165, 1.54) is 6.07 Å². The summed E-state index contributed by atoms with van der Waals surface area (Å²) in [5.41, 5.74) is -0.383. The fraction of sp³-hybridized carbons (Fsp3) is 0.571. The SMILES string of the molecule is OC(c1cccc(C(F)(F)F)c1)C1CCCCCN1. The zero-order chi connectivity index (χ0) is 13.9. The van der Waals surface area contributed by atoms with Gasteiger partial charge in [0.1, 0.15) is 0 Å². The highest BCUT2D eigenvalue weighted by Crippen LogP contribution is 2.32. The molecule has 0 aromatic heterocycles. The highest BCUT2D eigenvalue weighted by molar-refractivity contribution is 5.28. The lowest BCUT2D eigenvalue weighted by Gasteiger charge is -2.23. The zero-order valence-corrected chi connectivity index (χ0v) is 10.6. The molecule has 1 aliphatic rings. The Morgan fingerprint density at radius 3 is 2.74 bits per heavy atom. The quantitative estimate of drug-likeness (QED) is 0.866. The van der Waals surface area contributed by atoms with Crippen LogP contribution >= 0.6 is 0 Å². The number of hydrogen-bond acceptors (Lipinski definition) is 2. The number of aliphatic hydroxyl groups is 1. The summed E-state index contributed by atoms with van der Waals surface area (Å²) in [5.74, 6) is 0. The minimum absolute atomic E-state index is 0.161. The molecule has 1 aliphatic heterocycles. The number of nitrogens with one attached hydrogen (secondary N) is 1. The van der Waals surface area contributed by atoms with E-state index in [1.54, 1.807) is 6.07 Å². The molecule has 2 nitrogen and oxygen atoms in total. The third-order valence-electron chi connectivity index (χ3n) is 3.54. The van der Waals surface area contributed by atoms with Crippen LogP contribution in [0.3, 0.4) is 0 Å². The molecule has 2 rings (SSSR count). The highest BCUT2D eigenvalue weighted by Gasteiger charge is 2.31. The van der Waals surface area contributed by atoms with Crippen molar-refractivity contribution < 1.29 is 18.3 Å². The number of hydrogen-bond donors (Lipinski definition) is 2. The second-order valence-corrected chi connectivity index (χ2v) is 4.98. The van der Waals surface area contributed by atoms with Gasteiger partial charge in [0, 0.05) is 6.04 Å². The van der Waals surface area contributed by atoms with E-state index in [2.05, 4.69) is 5.32 Å². The Balaban J connectivity index is 2.16. The van der Waals surface area contributed by atoms with Crippen molar-refractivity contribution in [2.75, 3.05) is 6.54 Å².